The zero-order valence-corrected chi connectivity index (χ0v) is 16.7. The normalized spacial score (nSPS) is 10.6. The summed E-state index contributed by atoms with van der Waals surface area (Å²) in [6.45, 7) is 5.54. The van der Waals surface area contributed by atoms with Crippen molar-refractivity contribution in [1.82, 2.24) is 25.1 Å². The van der Waals surface area contributed by atoms with Crippen LogP contribution in [-0.2, 0) is 7.05 Å². The molecule has 152 valence electrons. The van der Waals surface area contributed by atoms with Crippen molar-refractivity contribution in [3.63, 3.8) is 0 Å². The van der Waals surface area contributed by atoms with E-state index < -0.39 is 0 Å². The molecule has 0 atom stereocenters. The summed E-state index contributed by atoms with van der Waals surface area (Å²) < 4.78 is 14.6. The third-order valence-corrected chi connectivity index (χ3v) is 4.16. The Morgan fingerprint density at radius 2 is 1.86 bits per heavy atom. The first-order valence-corrected chi connectivity index (χ1v) is 9.38. The molecule has 0 spiro atoms. The van der Waals surface area contributed by atoms with Crippen LogP contribution in [0.15, 0.2) is 36.4 Å². The molecule has 29 heavy (non-hydrogen) atoms. The molecular formula is C20H24FN7O. The molecule has 0 radical (unpaired) electrons. The minimum absolute atomic E-state index is 0.242. The highest BCUT2D eigenvalue weighted by Gasteiger charge is 2.14. The third kappa shape index (κ3) is 5.28. The first kappa shape index (κ1) is 20.2. The standard InChI is InChI=1S/C20H24FN7O/c1-4-22-18-11-13(2)25-20(26-18)24-10-9-23-19(29)17-12-16(27-28(17)3)14-5-7-15(21)8-6-14/h5-8,11-12H,4,9-10H2,1-3H3,(H,23,29)(H2,22,24,25,26). The van der Waals surface area contributed by atoms with Gasteiger partial charge >= 0.3 is 0 Å². The van der Waals surface area contributed by atoms with Crippen LogP contribution in [0.5, 0.6) is 0 Å². The molecule has 0 aliphatic rings. The SMILES string of the molecule is CCNc1cc(C)nc(NCCNC(=O)c2cc(-c3ccc(F)cc3)nn2C)n1. The number of anilines is 2. The lowest BCUT2D eigenvalue weighted by Crippen LogP contribution is -2.30. The van der Waals surface area contributed by atoms with Crippen LogP contribution in [0.2, 0.25) is 0 Å². The van der Waals surface area contributed by atoms with Crippen LogP contribution in [0.25, 0.3) is 11.3 Å². The summed E-state index contributed by atoms with van der Waals surface area (Å²) >= 11 is 0. The van der Waals surface area contributed by atoms with Gasteiger partial charge in [0.1, 0.15) is 17.3 Å². The van der Waals surface area contributed by atoms with Gasteiger partial charge in [-0.2, -0.15) is 10.1 Å². The van der Waals surface area contributed by atoms with Crippen LogP contribution in [0.4, 0.5) is 16.2 Å². The molecular weight excluding hydrogens is 373 g/mol. The Morgan fingerprint density at radius 1 is 1.10 bits per heavy atom. The van der Waals surface area contributed by atoms with Gasteiger partial charge in [-0.15, -0.1) is 0 Å². The number of carbonyl (C=O) groups is 1. The van der Waals surface area contributed by atoms with Gasteiger partial charge in [0.15, 0.2) is 0 Å². The average Bonchev–Trinajstić information content (AvgIpc) is 3.07. The zero-order valence-electron chi connectivity index (χ0n) is 16.7. The van der Waals surface area contributed by atoms with Crippen molar-refractivity contribution in [3.05, 3.63) is 53.6 Å². The topological polar surface area (TPSA) is 96.8 Å². The molecule has 2 aromatic heterocycles. The number of benzene rings is 1. The van der Waals surface area contributed by atoms with Crippen molar-refractivity contribution in [2.24, 2.45) is 7.05 Å². The molecule has 9 heteroatoms. The number of carbonyl (C=O) groups excluding carboxylic acids is 1. The molecule has 1 amide bonds. The van der Waals surface area contributed by atoms with E-state index >= 15 is 0 Å². The van der Waals surface area contributed by atoms with Crippen LogP contribution in [0.3, 0.4) is 0 Å². The summed E-state index contributed by atoms with van der Waals surface area (Å²) in [6.07, 6.45) is 0. The van der Waals surface area contributed by atoms with Crippen LogP contribution in [0.1, 0.15) is 23.1 Å². The second-order valence-electron chi connectivity index (χ2n) is 6.48. The van der Waals surface area contributed by atoms with E-state index in [0.717, 1.165) is 23.6 Å². The van der Waals surface area contributed by atoms with Crippen LogP contribution in [0, 0.1) is 12.7 Å². The van der Waals surface area contributed by atoms with Crippen LogP contribution in [-0.4, -0.2) is 45.3 Å². The molecule has 0 bridgehead atoms. The van der Waals surface area contributed by atoms with Gasteiger partial charge < -0.3 is 16.0 Å². The number of hydrogen-bond acceptors (Lipinski definition) is 6. The predicted molar refractivity (Wildman–Crippen MR) is 110 cm³/mol. The number of nitrogens with zero attached hydrogens (tertiary/aromatic N) is 4. The lowest BCUT2D eigenvalue weighted by atomic mass is 10.1. The maximum Gasteiger partial charge on any atom is 0.269 e. The second-order valence-corrected chi connectivity index (χ2v) is 6.48. The molecule has 0 aliphatic carbocycles. The highest BCUT2D eigenvalue weighted by atomic mass is 19.1. The van der Waals surface area contributed by atoms with Gasteiger partial charge in [0.25, 0.3) is 5.91 Å². The summed E-state index contributed by atoms with van der Waals surface area (Å²) in [7, 11) is 1.70. The van der Waals surface area contributed by atoms with Crippen molar-refractivity contribution in [1.29, 1.82) is 0 Å². The molecule has 0 saturated carbocycles. The lowest BCUT2D eigenvalue weighted by molar-refractivity contribution is 0.0945. The molecule has 8 nitrogen and oxygen atoms in total. The van der Waals surface area contributed by atoms with Crippen LogP contribution >= 0.6 is 0 Å². The molecule has 0 unspecified atom stereocenters. The van der Waals surface area contributed by atoms with E-state index in [-0.39, 0.29) is 11.7 Å². The minimum atomic E-state index is -0.315. The molecule has 3 N–H and O–H groups in total. The van der Waals surface area contributed by atoms with E-state index in [1.165, 1.54) is 16.8 Å². The minimum Gasteiger partial charge on any atom is -0.370 e. The highest BCUT2D eigenvalue weighted by Crippen LogP contribution is 2.19. The van der Waals surface area contributed by atoms with E-state index in [1.807, 2.05) is 19.9 Å². The largest absolute Gasteiger partial charge is 0.370 e. The number of hydrogen-bond donors (Lipinski definition) is 3. The van der Waals surface area contributed by atoms with Crippen molar-refractivity contribution in [3.8, 4) is 11.3 Å². The fourth-order valence-electron chi connectivity index (χ4n) is 2.80. The van der Waals surface area contributed by atoms with Crippen molar-refractivity contribution >= 4 is 17.7 Å². The summed E-state index contributed by atoms with van der Waals surface area (Å²) in [5.41, 5.74) is 2.63. The second kappa shape index (κ2) is 9.13. The van der Waals surface area contributed by atoms with E-state index in [0.29, 0.717) is 30.4 Å². The Balaban J connectivity index is 1.55. The molecule has 0 fully saturated rings. The van der Waals surface area contributed by atoms with Crippen molar-refractivity contribution < 1.29 is 9.18 Å². The van der Waals surface area contributed by atoms with E-state index in [9.17, 15) is 9.18 Å². The smallest absolute Gasteiger partial charge is 0.269 e. The van der Waals surface area contributed by atoms with Gasteiger partial charge in [0.05, 0.1) is 5.69 Å². The highest BCUT2D eigenvalue weighted by molar-refractivity contribution is 5.93. The van der Waals surface area contributed by atoms with Gasteiger partial charge in [0, 0.05) is 44.0 Å². The first-order chi connectivity index (χ1) is 14.0. The number of amides is 1. The van der Waals surface area contributed by atoms with Crippen LogP contribution < -0.4 is 16.0 Å². The maximum atomic E-state index is 13.1. The Kier molecular flexibility index (Phi) is 6.38. The Hall–Kier alpha value is -3.49. The molecule has 3 aromatic rings. The summed E-state index contributed by atoms with van der Waals surface area (Å²) in [5, 5.41) is 13.4. The zero-order chi connectivity index (χ0) is 20.8. The fraction of sp³-hybridized carbons (Fsp3) is 0.300. The maximum absolute atomic E-state index is 13.1. The molecule has 2 heterocycles. The first-order valence-electron chi connectivity index (χ1n) is 9.38. The predicted octanol–water partition coefficient (Wildman–Crippen LogP) is 2.60. The molecule has 0 saturated heterocycles. The Morgan fingerprint density at radius 3 is 2.59 bits per heavy atom. The Labute approximate surface area is 168 Å². The average molecular weight is 397 g/mol. The summed E-state index contributed by atoms with van der Waals surface area (Å²) in [4.78, 5) is 21.2. The number of nitrogens with one attached hydrogen (secondary N) is 3. The number of aromatic nitrogens is 4. The van der Waals surface area contributed by atoms with Gasteiger partial charge in [-0.1, -0.05) is 0 Å². The quantitative estimate of drug-likeness (QED) is 0.506. The number of halogens is 1. The van der Waals surface area contributed by atoms with Gasteiger partial charge in [-0.25, -0.2) is 9.37 Å². The summed E-state index contributed by atoms with van der Waals surface area (Å²) in [5.74, 6) is 0.711. The summed E-state index contributed by atoms with van der Waals surface area (Å²) in [6, 6.07) is 9.55. The number of aryl methyl sites for hydroxylation is 2. The number of rotatable bonds is 8. The molecule has 0 aliphatic heterocycles. The third-order valence-electron chi connectivity index (χ3n) is 4.16. The van der Waals surface area contributed by atoms with E-state index in [4.69, 9.17) is 0 Å². The van der Waals surface area contributed by atoms with Gasteiger partial charge in [0.2, 0.25) is 5.95 Å². The molecule has 3 rings (SSSR count). The van der Waals surface area contributed by atoms with E-state index in [2.05, 4.69) is 31.0 Å². The van der Waals surface area contributed by atoms with Gasteiger partial charge in [-0.3, -0.25) is 9.48 Å². The van der Waals surface area contributed by atoms with Gasteiger partial charge in [-0.05, 0) is 44.2 Å². The fourth-order valence-corrected chi connectivity index (χ4v) is 2.80. The van der Waals surface area contributed by atoms with E-state index in [1.54, 1.807) is 25.2 Å². The monoisotopic (exact) mass is 397 g/mol. The Bertz CT molecular complexity index is 985. The molecule has 1 aromatic carbocycles. The lowest BCUT2D eigenvalue weighted by Gasteiger charge is -2.09. The van der Waals surface area contributed by atoms with Crippen molar-refractivity contribution in [2.75, 3.05) is 30.3 Å². The van der Waals surface area contributed by atoms with Crippen molar-refractivity contribution in [2.45, 2.75) is 13.8 Å².